The molecule has 1 heterocycles. The van der Waals surface area contributed by atoms with Gasteiger partial charge in [-0.15, -0.1) is 11.3 Å². The Balaban J connectivity index is 2.54. The minimum atomic E-state index is 0.538. The highest BCUT2D eigenvalue weighted by molar-refractivity contribution is 7.12. The van der Waals surface area contributed by atoms with Crippen molar-refractivity contribution in [1.29, 1.82) is 0 Å². The van der Waals surface area contributed by atoms with E-state index in [1.54, 1.807) is 12.1 Å². The van der Waals surface area contributed by atoms with Gasteiger partial charge in [0.15, 0.2) is 6.29 Å². The van der Waals surface area contributed by atoms with Crippen molar-refractivity contribution in [1.82, 2.24) is 0 Å². The number of rotatable bonds is 2. The molecular weight excluding hydrogens is 208 g/mol. The fourth-order valence-corrected chi connectivity index (χ4v) is 2.11. The Bertz CT molecular complexity index is 505. The van der Waals surface area contributed by atoms with Gasteiger partial charge in [0, 0.05) is 5.56 Å². The minimum Gasteiger partial charge on any atom is -0.397 e. The predicted molar refractivity (Wildman–Crippen MR) is 64.0 cm³/mol. The summed E-state index contributed by atoms with van der Waals surface area (Å²) in [6.45, 7) is 0. The molecule has 0 fully saturated rings. The summed E-state index contributed by atoms with van der Waals surface area (Å²) in [5.41, 5.74) is 14.2. The average molecular weight is 218 g/mol. The van der Waals surface area contributed by atoms with Crippen molar-refractivity contribution in [3.05, 3.63) is 34.5 Å². The molecule has 0 bridgehead atoms. The van der Waals surface area contributed by atoms with Crippen molar-refractivity contribution in [3.8, 4) is 11.1 Å². The Morgan fingerprint density at radius 3 is 2.60 bits per heavy atom. The number of hydrogen-bond acceptors (Lipinski definition) is 4. The molecule has 0 amide bonds. The van der Waals surface area contributed by atoms with Crippen LogP contribution in [0.25, 0.3) is 11.1 Å². The van der Waals surface area contributed by atoms with Gasteiger partial charge in [0.25, 0.3) is 0 Å². The van der Waals surface area contributed by atoms with Crippen LogP contribution in [0, 0.1) is 0 Å². The fourth-order valence-electron chi connectivity index (χ4n) is 1.39. The molecule has 0 atom stereocenters. The highest BCUT2D eigenvalue weighted by Gasteiger charge is 2.06. The number of nitrogens with two attached hydrogens (primary N) is 2. The summed E-state index contributed by atoms with van der Waals surface area (Å²) in [6.07, 6.45) is 0.854. The second kappa shape index (κ2) is 3.74. The Morgan fingerprint density at radius 1 is 1.13 bits per heavy atom. The van der Waals surface area contributed by atoms with Crippen LogP contribution in [-0.2, 0) is 0 Å². The van der Waals surface area contributed by atoms with Crippen molar-refractivity contribution in [2.75, 3.05) is 11.5 Å². The summed E-state index contributed by atoms with van der Waals surface area (Å²) in [4.78, 5) is 11.5. The van der Waals surface area contributed by atoms with Crippen molar-refractivity contribution < 1.29 is 4.79 Å². The third kappa shape index (κ3) is 1.71. The van der Waals surface area contributed by atoms with Crippen LogP contribution in [0.5, 0.6) is 0 Å². The normalized spacial score (nSPS) is 10.1. The van der Waals surface area contributed by atoms with Crippen LogP contribution >= 0.6 is 11.3 Å². The first-order valence-electron chi connectivity index (χ1n) is 4.40. The second-order valence-corrected chi connectivity index (χ2v) is 4.11. The smallest absolute Gasteiger partial charge is 0.160 e. The molecule has 0 aliphatic carbocycles. The van der Waals surface area contributed by atoms with Crippen molar-refractivity contribution in [2.24, 2.45) is 0 Å². The zero-order chi connectivity index (χ0) is 10.8. The predicted octanol–water partition coefficient (Wildman–Crippen LogP) is 2.39. The van der Waals surface area contributed by atoms with Crippen LogP contribution in [-0.4, -0.2) is 6.29 Å². The van der Waals surface area contributed by atoms with Crippen LogP contribution in [0.3, 0.4) is 0 Å². The molecule has 0 spiro atoms. The van der Waals surface area contributed by atoms with Gasteiger partial charge in [-0.05, 0) is 29.1 Å². The van der Waals surface area contributed by atoms with E-state index >= 15 is 0 Å². The van der Waals surface area contributed by atoms with Crippen molar-refractivity contribution in [3.63, 3.8) is 0 Å². The SMILES string of the molecule is Nc1ccc(-c2ccsc2C=O)cc1N. The molecule has 15 heavy (non-hydrogen) atoms. The number of aldehydes is 1. The molecule has 3 nitrogen and oxygen atoms in total. The molecule has 4 heteroatoms. The van der Waals surface area contributed by atoms with E-state index in [2.05, 4.69) is 0 Å². The number of thiophene rings is 1. The van der Waals surface area contributed by atoms with Crippen LogP contribution in [0.15, 0.2) is 29.6 Å². The first-order chi connectivity index (χ1) is 7.22. The number of nitrogen functional groups attached to an aromatic ring is 2. The zero-order valence-corrected chi connectivity index (χ0v) is 8.75. The number of anilines is 2. The molecule has 0 radical (unpaired) electrons. The third-order valence-corrected chi connectivity index (χ3v) is 3.04. The summed E-state index contributed by atoms with van der Waals surface area (Å²) >= 11 is 1.41. The fraction of sp³-hybridized carbons (Fsp3) is 0. The van der Waals surface area contributed by atoms with Crippen molar-refractivity contribution in [2.45, 2.75) is 0 Å². The maximum Gasteiger partial charge on any atom is 0.160 e. The minimum absolute atomic E-state index is 0.538. The van der Waals surface area contributed by atoms with Gasteiger partial charge in [0.2, 0.25) is 0 Å². The molecule has 76 valence electrons. The molecule has 0 saturated heterocycles. The Kier molecular flexibility index (Phi) is 2.43. The van der Waals surface area contributed by atoms with E-state index in [1.165, 1.54) is 11.3 Å². The van der Waals surface area contributed by atoms with Crippen LogP contribution < -0.4 is 11.5 Å². The molecule has 0 unspecified atom stereocenters. The molecule has 2 aromatic rings. The van der Waals surface area contributed by atoms with Gasteiger partial charge in [-0.25, -0.2) is 0 Å². The van der Waals surface area contributed by atoms with Crippen LogP contribution in [0.2, 0.25) is 0 Å². The molecule has 1 aromatic heterocycles. The summed E-state index contributed by atoms with van der Waals surface area (Å²) in [6, 6.07) is 7.29. The first-order valence-corrected chi connectivity index (χ1v) is 5.28. The van der Waals surface area contributed by atoms with Gasteiger partial charge < -0.3 is 11.5 Å². The molecule has 4 N–H and O–H groups in total. The van der Waals surface area contributed by atoms with Crippen LogP contribution in [0.1, 0.15) is 9.67 Å². The molecule has 1 aromatic carbocycles. The van der Waals surface area contributed by atoms with E-state index in [9.17, 15) is 4.79 Å². The quantitative estimate of drug-likeness (QED) is 0.600. The topological polar surface area (TPSA) is 69.1 Å². The number of benzene rings is 1. The highest BCUT2D eigenvalue weighted by atomic mass is 32.1. The standard InChI is InChI=1S/C11H10N2OS/c12-9-2-1-7(5-10(9)13)8-3-4-15-11(8)6-14/h1-6H,12-13H2. The van der Waals surface area contributed by atoms with Gasteiger partial charge in [-0.3, -0.25) is 4.79 Å². The van der Waals surface area contributed by atoms with E-state index < -0.39 is 0 Å². The van der Waals surface area contributed by atoms with E-state index in [0.717, 1.165) is 17.4 Å². The lowest BCUT2D eigenvalue weighted by atomic mass is 10.1. The molecule has 0 aliphatic rings. The van der Waals surface area contributed by atoms with Gasteiger partial charge in [0.05, 0.1) is 16.3 Å². The lowest BCUT2D eigenvalue weighted by molar-refractivity contribution is 0.112. The summed E-state index contributed by atoms with van der Waals surface area (Å²) in [5, 5.41) is 1.88. The van der Waals surface area contributed by atoms with Crippen molar-refractivity contribution >= 4 is 29.0 Å². The largest absolute Gasteiger partial charge is 0.397 e. The van der Waals surface area contributed by atoms with Gasteiger partial charge in [-0.2, -0.15) is 0 Å². The molecular formula is C11H10N2OS. The Hall–Kier alpha value is -1.81. The summed E-state index contributed by atoms with van der Waals surface area (Å²) < 4.78 is 0. The number of carbonyl (C=O) groups excluding carboxylic acids is 1. The number of carbonyl (C=O) groups is 1. The maximum absolute atomic E-state index is 10.8. The molecule has 0 aliphatic heterocycles. The third-order valence-electron chi connectivity index (χ3n) is 2.20. The van der Waals surface area contributed by atoms with Gasteiger partial charge >= 0.3 is 0 Å². The Morgan fingerprint density at radius 2 is 1.93 bits per heavy atom. The Labute approximate surface area is 91.3 Å². The maximum atomic E-state index is 10.8. The average Bonchev–Trinajstić information content (AvgIpc) is 2.70. The van der Waals surface area contributed by atoms with E-state index in [1.807, 2.05) is 17.5 Å². The molecule has 0 saturated carbocycles. The first kappa shape index (κ1) is 9.73. The lowest BCUT2D eigenvalue weighted by Gasteiger charge is -2.03. The lowest BCUT2D eigenvalue weighted by Crippen LogP contribution is -1.94. The van der Waals surface area contributed by atoms with E-state index in [0.29, 0.717) is 16.3 Å². The zero-order valence-electron chi connectivity index (χ0n) is 7.94. The second-order valence-electron chi connectivity index (χ2n) is 3.16. The van der Waals surface area contributed by atoms with Gasteiger partial charge in [0.1, 0.15) is 0 Å². The van der Waals surface area contributed by atoms with Crippen LogP contribution in [0.4, 0.5) is 11.4 Å². The molecule has 2 rings (SSSR count). The number of hydrogen-bond donors (Lipinski definition) is 2. The summed E-state index contributed by atoms with van der Waals surface area (Å²) in [7, 11) is 0. The van der Waals surface area contributed by atoms with E-state index in [-0.39, 0.29) is 0 Å². The summed E-state index contributed by atoms with van der Waals surface area (Å²) in [5.74, 6) is 0. The van der Waals surface area contributed by atoms with E-state index in [4.69, 9.17) is 11.5 Å². The highest BCUT2D eigenvalue weighted by Crippen LogP contribution is 2.30. The monoisotopic (exact) mass is 218 g/mol. The van der Waals surface area contributed by atoms with Gasteiger partial charge in [-0.1, -0.05) is 6.07 Å².